The predicted molar refractivity (Wildman–Crippen MR) is 72.9 cm³/mol. The molecule has 19 heavy (non-hydrogen) atoms. The first-order valence-electron chi connectivity index (χ1n) is 5.44. The number of carboxylic acid groups (broad SMARTS) is 1. The number of furan rings is 1. The van der Waals surface area contributed by atoms with Crippen LogP contribution in [0.25, 0.3) is 6.08 Å². The molecule has 1 aliphatic heterocycles. The van der Waals surface area contributed by atoms with Gasteiger partial charge >= 0.3 is 0 Å². The molecule has 1 saturated heterocycles. The summed E-state index contributed by atoms with van der Waals surface area (Å²) in [6, 6.07) is 2.41. The zero-order valence-corrected chi connectivity index (χ0v) is 11.8. The molecule has 5 nitrogen and oxygen atoms in total. The van der Waals surface area contributed by atoms with Gasteiger partial charge in [0.15, 0.2) is 0 Å². The van der Waals surface area contributed by atoms with Crippen molar-refractivity contribution in [2.45, 2.75) is 19.9 Å². The van der Waals surface area contributed by atoms with Crippen molar-refractivity contribution in [3.63, 3.8) is 0 Å². The number of nitrogens with zero attached hydrogens (tertiary/aromatic N) is 1. The molecule has 1 fully saturated rings. The van der Waals surface area contributed by atoms with E-state index in [0.717, 1.165) is 22.4 Å². The van der Waals surface area contributed by atoms with E-state index in [1.54, 1.807) is 25.1 Å². The van der Waals surface area contributed by atoms with Crippen molar-refractivity contribution in [3.05, 3.63) is 28.6 Å². The molecular formula is C12H10NO4S2-. The second-order valence-electron chi connectivity index (χ2n) is 4.00. The second-order valence-corrected chi connectivity index (χ2v) is 5.67. The van der Waals surface area contributed by atoms with Gasteiger partial charge in [0.2, 0.25) is 0 Å². The first-order valence-corrected chi connectivity index (χ1v) is 6.67. The van der Waals surface area contributed by atoms with Gasteiger partial charge in [-0.05, 0) is 26.0 Å². The van der Waals surface area contributed by atoms with Gasteiger partial charge in [-0.2, -0.15) is 0 Å². The molecule has 0 unspecified atom stereocenters. The van der Waals surface area contributed by atoms with E-state index >= 15 is 0 Å². The molecule has 0 radical (unpaired) electrons. The molecule has 2 heterocycles. The Bertz CT molecular complexity index is 590. The summed E-state index contributed by atoms with van der Waals surface area (Å²) in [6.07, 6.45) is 1.55. The lowest BCUT2D eigenvalue weighted by molar-refractivity contribution is -0.309. The Hall–Kier alpha value is -1.60. The largest absolute Gasteiger partial charge is 0.548 e. The maximum Gasteiger partial charge on any atom is 0.266 e. The van der Waals surface area contributed by atoms with Crippen LogP contribution in [0.1, 0.15) is 18.4 Å². The molecule has 1 amide bonds. The number of hydrogen-bond donors (Lipinski definition) is 0. The van der Waals surface area contributed by atoms with Crippen LogP contribution in [-0.4, -0.2) is 27.1 Å². The summed E-state index contributed by atoms with van der Waals surface area (Å²) in [5, 5.41) is 10.8. The molecule has 1 atom stereocenters. The van der Waals surface area contributed by atoms with Gasteiger partial charge in [0, 0.05) is 6.08 Å². The summed E-state index contributed by atoms with van der Waals surface area (Å²) in [5.74, 6) is -0.531. The van der Waals surface area contributed by atoms with Gasteiger partial charge < -0.3 is 14.3 Å². The Morgan fingerprint density at radius 3 is 2.79 bits per heavy atom. The Morgan fingerprint density at radius 2 is 2.26 bits per heavy atom. The number of rotatable bonds is 3. The normalized spacial score (nSPS) is 19.3. The first kappa shape index (κ1) is 13.8. The molecule has 1 aromatic heterocycles. The molecule has 7 heteroatoms. The zero-order chi connectivity index (χ0) is 14.2. The Labute approximate surface area is 119 Å². The average molecular weight is 296 g/mol. The average Bonchev–Trinajstić information content (AvgIpc) is 2.84. The SMILES string of the molecule is Cc1ccc(/C=C2/SC(=S)N([C@H](C)C(=O)[O-])C2=O)o1. The van der Waals surface area contributed by atoms with E-state index < -0.39 is 17.9 Å². The van der Waals surface area contributed by atoms with Crippen LogP contribution in [-0.2, 0) is 9.59 Å². The van der Waals surface area contributed by atoms with E-state index in [0.29, 0.717) is 10.7 Å². The monoisotopic (exact) mass is 296 g/mol. The number of carboxylic acids is 1. The van der Waals surface area contributed by atoms with Gasteiger partial charge in [-0.25, -0.2) is 0 Å². The van der Waals surface area contributed by atoms with Crippen LogP contribution in [0.15, 0.2) is 21.5 Å². The maximum atomic E-state index is 12.1. The van der Waals surface area contributed by atoms with Crippen LogP contribution in [0.5, 0.6) is 0 Å². The Morgan fingerprint density at radius 1 is 1.58 bits per heavy atom. The number of aliphatic carboxylic acids is 1. The lowest BCUT2D eigenvalue weighted by atomic mass is 10.3. The van der Waals surface area contributed by atoms with E-state index in [4.69, 9.17) is 16.6 Å². The number of amides is 1. The lowest BCUT2D eigenvalue weighted by Gasteiger charge is -2.23. The molecule has 100 valence electrons. The van der Waals surface area contributed by atoms with Crippen molar-refractivity contribution in [2.75, 3.05) is 0 Å². The van der Waals surface area contributed by atoms with E-state index in [1.165, 1.54) is 6.92 Å². The smallest absolute Gasteiger partial charge is 0.266 e. The third-order valence-corrected chi connectivity index (χ3v) is 3.92. The van der Waals surface area contributed by atoms with Crippen LogP contribution >= 0.6 is 24.0 Å². The van der Waals surface area contributed by atoms with Crippen LogP contribution in [0.4, 0.5) is 0 Å². The molecule has 0 saturated carbocycles. The lowest BCUT2D eigenvalue weighted by Crippen LogP contribution is -2.48. The van der Waals surface area contributed by atoms with Crippen LogP contribution in [0.2, 0.25) is 0 Å². The highest BCUT2D eigenvalue weighted by atomic mass is 32.2. The Balaban J connectivity index is 2.27. The standard InChI is InChI=1S/C12H11NO4S2/c1-6-3-4-8(17-6)5-9-10(14)13(12(18)19-9)7(2)11(15)16/h3-5,7H,1-2H3,(H,15,16)/p-1/b9-5+/t7-/m1/s1. The van der Waals surface area contributed by atoms with E-state index in [-0.39, 0.29) is 4.32 Å². The molecule has 1 aliphatic rings. The summed E-state index contributed by atoms with van der Waals surface area (Å²) in [4.78, 5) is 24.3. The fourth-order valence-corrected chi connectivity index (χ4v) is 2.98. The molecule has 0 spiro atoms. The number of hydrogen-bond acceptors (Lipinski definition) is 6. The second kappa shape index (κ2) is 5.18. The predicted octanol–water partition coefficient (Wildman–Crippen LogP) is 0.928. The summed E-state index contributed by atoms with van der Waals surface area (Å²) >= 11 is 6.07. The van der Waals surface area contributed by atoms with Crippen molar-refractivity contribution in [1.29, 1.82) is 0 Å². The van der Waals surface area contributed by atoms with Gasteiger partial charge in [-0.3, -0.25) is 9.69 Å². The highest BCUT2D eigenvalue weighted by Gasteiger charge is 2.35. The van der Waals surface area contributed by atoms with E-state index in [2.05, 4.69) is 0 Å². The van der Waals surface area contributed by atoms with E-state index in [9.17, 15) is 14.7 Å². The van der Waals surface area contributed by atoms with Crippen LogP contribution < -0.4 is 5.11 Å². The minimum Gasteiger partial charge on any atom is -0.548 e. The summed E-state index contributed by atoms with van der Waals surface area (Å²) < 4.78 is 5.54. The molecular weight excluding hydrogens is 286 g/mol. The van der Waals surface area contributed by atoms with Gasteiger partial charge in [0.25, 0.3) is 5.91 Å². The Kier molecular flexibility index (Phi) is 3.77. The number of thioether (sulfide) groups is 1. The maximum absolute atomic E-state index is 12.1. The molecule has 0 N–H and O–H groups in total. The van der Waals surface area contributed by atoms with Gasteiger partial charge in [0.05, 0.1) is 16.9 Å². The molecule has 0 aliphatic carbocycles. The zero-order valence-electron chi connectivity index (χ0n) is 10.2. The molecule has 2 rings (SSSR count). The van der Waals surface area contributed by atoms with Crippen molar-refractivity contribution in [3.8, 4) is 0 Å². The van der Waals surface area contributed by atoms with Gasteiger partial charge in [-0.15, -0.1) is 0 Å². The molecule has 0 bridgehead atoms. The number of carbonyl (C=O) groups excluding carboxylic acids is 2. The summed E-state index contributed by atoms with van der Waals surface area (Å²) in [7, 11) is 0. The number of carbonyl (C=O) groups is 2. The molecule has 1 aromatic rings. The minimum atomic E-state index is -1.34. The summed E-state index contributed by atoms with van der Waals surface area (Å²) in [6.45, 7) is 3.15. The van der Waals surface area contributed by atoms with Crippen molar-refractivity contribution in [2.24, 2.45) is 0 Å². The van der Waals surface area contributed by atoms with Crippen molar-refractivity contribution >= 4 is 46.3 Å². The highest BCUT2D eigenvalue weighted by molar-refractivity contribution is 8.26. The summed E-state index contributed by atoms with van der Waals surface area (Å²) in [5.41, 5.74) is 0. The fraction of sp³-hybridized carbons (Fsp3) is 0.250. The highest BCUT2D eigenvalue weighted by Crippen LogP contribution is 2.33. The van der Waals surface area contributed by atoms with Crippen molar-refractivity contribution < 1.29 is 19.1 Å². The molecule has 0 aromatic carbocycles. The van der Waals surface area contributed by atoms with Crippen LogP contribution in [0.3, 0.4) is 0 Å². The topological polar surface area (TPSA) is 73.6 Å². The van der Waals surface area contributed by atoms with Gasteiger partial charge in [0.1, 0.15) is 15.8 Å². The van der Waals surface area contributed by atoms with Gasteiger partial charge in [-0.1, -0.05) is 24.0 Å². The minimum absolute atomic E-state index is 0.205. The van der Waals surface area contributed by atoms with Crippen molar-refractivity contribution in [1.82, 2.24) is 4.90 Å². The quantitative estimate of drug-likeness (QED) is 0.610. The number of aryl methyl sites for hydroxylation is 1. The number of thiocarbonyl (C=S) groups is 1. The first-order chi connectivity index (χ1) is 8.90. The van der Waals surface area contributed by atoms with E-state index in [1.807, 2.05) is 0 Å². The fourth-order valence-electron chi connectivity index (χ4n) is 1.58. The third-order valence-electron chi connectivity index (χ3n) is 2.59. The van der Waals surface area contributed by atoms with Crippen LogP contribution in [0, 0.1) is 6.92 Å². The third kappa shape index (κ3) is 2.71.